The number of benzene rings is 2. The molecule has 3 aromatic rings. The van der Waals surface area contributed by atoms with Gasteiger partial charge in [0.15, 0.2) is 11.6 Å². The van der Waals surface area contributed by atoms with Crippen LogP contribution in [0.5, 0.6) is 0 Å². The zero-order valence-corrected chi connectivity index (χ0v) is 16.1. The van der Waals surface area contributed by atoms with Crippen LogP contribution in [0.2, 0.25) is 0 Å². The van der Waals surface area contributed by atoms with E-state index >= 15 is 0 Å². The Kier molecular flexibility index (Phi) is 6.09. The van der Waals surface area contributed by atoms with Crippen LogP contribution in [0.15, 0.2) is 53.5 Å². The van der Waals surface area contributed by atoms with Crippen LogP contribution in [0.4, 0.5) is 20.3 Å². The highest BCUT2D eigenvalue weighted by atomic mass is 19.1. The molecule has 0 unspecified atom stereocenters. The van der Waals surface area contributed by atoms with Crippen molar-refractivity contribution in [3.8, 4) is 11.4 Å². The van der Waals surface area contributed by atoms with Crippen LogP contribution in [0, 0.1) is 24.5 Å². The first-order valence-corrected chi connectivity index (χ1v) is 9.09. The Labute approximate surface area is 163 Å². The molecule has 0 atom stereocenters. The molecule has 0 fully saturated rings. The predicted octanol–water partition coefficient (Wildman–Crippen LogP) is 5.70. The smallest absolute Gasteiger partial charge is 0.162 e. The van der Waals surface area contributed by atoms with Gasteiger partial charge in [0, 0.05) is 24.4 Å². The van der Waals surface area contributed by atoms with Gasteiger partial charge in [-0.1, -0.05) is 44.2 Å². The zero-order valence-electron chi connectivity index (χ0n) is 16.1. The molecular weight excluding hydrogens is 358 g/mol. The highest BCUT2D eigenvalue weighted by molar-refractivity contribution is 5.74. The Morgan fingerprint density at radius 3 is 2.36 bits per heavy atom. The molecule has 0 spiro atoms. The van der Waals surface area contributed by atoms with Gasteiger partial charge in [-0.25, -0.2) is 18.7 Å². The lowest BCUT2D eigenvalue weighted by Gasteiger charge is -2.13. The van der Waals surface area contributed by atoms with Crippen molar-refractivity contribution in [2.24, 2.45) is 10.9 Å². The van der Waals surface area contributed by atoms with Crippen LogP contribution < -0.4 is 5.32 Å². The lowest BCUT2D eigenvalue weighted by molar-refractivity contribution is 0.584. The average molecular weight is 380 g/mol. The predicted molar refractivity (Wildman–Crippen MR) is 109 cm³/mol. The van der Waals surface area contributed by atoms with E-state index in [1.807, 2.05) is 57.3 Å². The van der Waals surface area contributed by atoms with Gasteiger partial charge in [-0.15, -0.1) is 0 Å². The highest BCUT2D eigenvalue weighted by Gasteiger charge is 2.14. The molecule has 1 heterocycles. The Morgan fingerprint density at radius 2 is 1.71 bits per heavy atom. The molecule has 6 heteroatoms. The molecule has 144 valence electrons. The summed E-state index contributed by atoms with van der Waals surface area (Å²) >= 11 is 0. The summed E-state index contributed by atoms with van der Waals surface area (Å²) in [7, 11) is 0. The number of anilines is 1. The fourth-order valence-electron chi connectivity index (χ4n) is 2.66. The number of hydrogen-bond donors (Lipinski definition) is 1. The van der Waals surface area contributed by atoms with Gasteiger partial charge in [0.1, 0.15) is 17.3 Å². The van der Waals surface area contributed by atoms with Crippen molar-refractivity contribution in [2.45, 2.75) is 27.3 Å². The molecule has 0 aliphatic carbocycles. The van der Waals surface area contributed by atoms with E-state index in [0.717, 1.165) is 11.6 Å². The van der Waals surface area contributed by atoms with E-state index in [1.54, 1.807) is 0 Å². The fourth-order valence-corrected chi connectivity index (χ4v) is 2.66. The van der Waals surface area contributed by atoms with Crippen LogP contribution in [0.3, 0.4) is 0 Å². The van der Waals surface area contributed by atoms with E-state index in [-0.39, 0.29) is 17.3 Å². The topological polar surface area (TPSA) is 50.2 Å². The summed E-state index contributed by atoms with van der Waals surface area (Å²) in [4.78, 5) is 13.5. The molecule has 0 aliphatic heterocycles. The molecule has 0 radical (unpaired) electrons. The van der Waals surface area contributed by atoms with E-state index in [2.05, 4.69) is 20.3 Å². The number of aryl methyl sites for hydroxylation is 1. The van der Waals surface area contributed by atoms with E-state index in [4.69, 9.17) is 0 Å². The second-order valence-electron chi connectivity index (χ2n) is 6.85. The van der Waals surface area contributed by atoms with Crippen molar-refractivity contribution >= 4 is 17.7 Å². The third kappa shape index (κ3) is 4.97. The van der Waals surface area contributed by atoms with Gasteiger partial charge in [-0.3, -0.25) is 4.99 Å². The van der Waals surface area contributed by atoms with Crippen molar-refractivity contribution < 1.29 is 8.78 Å². The molecule has 1 aromatic heterocycles. The zero-order chi connectivity index (χ0) is 20.1. The quantitative estimate of drug-likeness (QED) is 0.558. The number of aliphatic imine (C=N–C) groups is 1. The summed E-state index contributed by atoms with van der Waals surface area (Å²) in [5.74, 6) is -0.310. The Bertz CT molecular complexity index is 965. The molecule has 0 amide bonds. The molecule has 28 heavy (non-hydrogen) atoms. The molecule has 2 aromatic carbocycles. The molecule has 0 saturated carbocycles. The van der Waals surface area contributed by atoms with Crippen molar-refractivity contribution in [1.82, 2.24) is 9.97 Å². The third-order valence-corrected chi connectivity index (χ3v) is 3.98. The number of hydrogen-bond acceptors (Lipinski definition) is 4. The lowest BCUT2D eigenvalue weighted by atomic mass is 10.2. The van der Waals surface area contributed by atoms with Gasteiger partial charge in [0.25, 0.3) is 0 Å². The first-order valence-electron chi connectivity index (χ1n) is 9.09. The highest BCUT2D eigenvalue weighted by Crippen LogP contribution is 2.30. The van der Waals surface area contributed by atoms with E-state index in [9.17, 15) is 8.78 Å². The van der Waals surface area contributed by atoms with Crippen molar-refractivity contribution in [3.05, 3.63) is 71.4 Å². The number of rotatable bonds is 6. The summed E-state index contributed by atoms with van der Waals surface area (Å²) in [6, 6.07) is 13.1. The summed E-state index contributed by atoms with van der Waals surface area (Å²) in [6.45, 7) is 6.40. The standard InChI is InChI=1S/C22H22F2N4/c1-14(2)12-25-20-15(3)27-21(17-9-18(23)11-19(24)10-17)28-22(20)26-13-16-7-5-4-6-8-16/h4-12,14H,13H2,1-3H3,(H,26,27,28). The van der Waals surface area contributed by atoms with Gasteiger partial charge < -0.3 is 5.32 Å². The molecular formula is C22H22F2N4. The second-order valence-corrected chi connectivity index (χ2v) is 6.85. The van der Waals surface area contributed by atoms with Crippen LogP contribution in [0.25, 0.3) is 11.4 Å². The van der Waals surface area contributed by atoms with E-state index in [0.29, 0.717) is 23.7 Å². The monoisotopic (exact) mass is 380 g/mol. The lowest BCUT2D eigenvalue weighted by Crippen LogP contribution is -2.05. The SMILES string of the molecule is Cc1nc(-c2cc(F)cc(F)c2)nc(NCc2ccccc2)c1N=CC(C)C. The molecule has 0 aliphatic rings. The summed E-state index contributed by atoms with van der Waals surface area (Å²) in [5.41, 5.74) is 2.60. The Balaban J connectivity index is 2.02. The second kappa shape index (κ2) is 8.69. The first kappa shape index (κ1) is 19.6. The van der Waals surface area contributed by atoms with Crippen LogP contribution in [-0.4, -0.2) is 16.2 Å². The first-order chi connectivity index (χ1) is 13.4. The van der Waals surface area contributed by atoms with Gasteiger partial charge in [0.2, 0.25) is 0 Å². The fraction of sp³-hybridized carbons (Fsp3) is 0.227. The van der Waals surface area contributed by atoms with Crippen molar-refractivity contribution in [3.63, 3.8) is 0 Å². The maximum absolute atomic E-state index is 13.6. The minimum Gasteiger partial charge on any atom is -0.364 e. The largest absolute Gasteiger partial charge is 0.364 e. The van der Waals surface area contributed by atoms with Crippen LogP contribution >= 0.6 is 0 Å². The normalized spacial score (nSPS) is 11.4. The van der Waals surface area contributed by atoms with Crippen LogP contribution in [-0.2, 0) is 6.54 Å². The van der Waals surface area contributed by atoms with Gasteiger partial charge in [0.05, 0.1) is 5.69 Å². The molecule has 3 rings (SSSR count). The van der Waals surface area contributed by atoms with Crippen LogP contribution in [0.1, 0.15) is 25.1 Å². The minimum absolute atomic E-state index is 0.245. The number of halogens is 2. The Morgan fingerprint density at radius 1 is 1.04 bits per heavy atom. The number of aromatic nitrogens is 2. The average Bonchev–Trinajstić information content (AvgIpc) is 2.65. The minimum atomic E-state index is -0.669. The number of nitrogens with zero attached hydrogens (tertiary/aromatic N) is 3. The van der Waals surface area contributed by atoms with E-state index in [1.165, 1.54) is 12.1 Å². The van der Waals surface area contributed by atoms with Crippen molar-refractivity contribution in [2.75, 3.05) is 5.32 Å². The summed E-state index contributed by atoms with van der Waals surface area (Å²) < 4.78 is 27.3. The third-order valence-electron chi connectivity index (χ3n) is 3.98. The van der Waals surface area contributed by atoms with Gasteiger partial charge in [-0.2, -0.15) is 0 Å². The maximum atomic E-state index is 13.6. The molecule has 4 nitrogen and oxygen atoms in total. The Hall–Kier alpha value is -3.15. The van der Waals surface area contributed by atoms with Gasteiger partial charge >= 0.3 is 0 Å². The number of nitrogens with one attached hydrogen (secondary N) is 1. The van der Waals surface area contributed by atoms with E-state index < -0.39 is 11.6 Å². The maximum Gasteiger partial charge on any atom is 0.162 e. The molecule has 0 bridgehead atoms. The van der Waals surface area contributed by atoms with Crippen molar-refractivity contribution in [1.29, 1.82) is 0 Å². The summed E-state index contributed by atoms with van der Waals surface area (Å²) in [6.07, 6.45) is 1.82. The van der Waals surface area contributed by atoms with Gasteiger partial charge in [-0.05, 0) is 30.5 Å². The summed E-state index contributed by atoms with van der Waals surface area (Å²) in [5, 5.41) is 3.28. The molecule has 0 saturated heterocycles. The molecule has 1 N–H and O–H groups in total.